The van der Waals surface area contributed by atoms with Gasteiger partial charge in [-0.3, -0.25) is 14.6 Å². The smallest absolute Gasteiger partial charge is 0.317 e. The highest BCUT2D eigenvalue weighted by atomic mass is 19.1. The van der Waals surface area contributed by atoms with Gasteiger partial charge in [0.15, 0.2) is 5.82 Å². The van der Waals surface area contributed by atoms with Gasteiger partial charge in [0, 0.05) is 48.1 Å². The third kappa shape index (κ3) is 4.40. The van der Waals surface area contributed by atoms with Crippen LogP contribution in [0.15, 0.2) is 30.5 Å². The van der Waals surface area contributed by atoms with Gasteiger partial charge in [-0.05, 0) is 49.4 Å². The molecule has 234 valence electrons. The van der Waals surface area contributed by atoms with Gasteiger partial charge in [-0.1, -0.05) is 12.0 Å². The maximum atomic E-state index is 16.8. The van der Waals surface area contributed by atoms with Crippen LogP contribution in [0.5, 0.6) is 11.8 Å². The lowest BCUT2D eigenvalue weighted by atomic mass is 9.95. The van der Waals surface area contributed by atoms with Crippen molar-refractivity contribution in [3.8, 4) is 46.7 Å². The van der Waals surface area contributed by atoms with Crippen molar-refractivity contribution >= 4 is 21.7 Å². The molecular formula is C34H29F3N6O3. The normalized spacial score (nSPS) is 21.1. The van der Waals surface area contributed by atoms with Gasteiger partial charge in [0.1, 0.15) is 46.9 Å². The molecule has 3 aliphatic rings. The zero-order valence-electron chi connectivity index (χ0n) is 25.0. The van der Waals surface area contributed by atoms with E-state index in [9.17, 15) is 13.9 Å². The van der Waals surface area contributed by atoms with E-state index in [4.69, 9.17) is 26.0 Å². The zero-order valence-corrected chi connectivity index (χ0v) is 25.0. The highest BCUT2D eigenvalue weighted by Crippen LogP contribution is 2.42. The van der Waals surface area contributed by atoms with Crippen LogP contribution in [-0.2, 0) is 24.8 Å². The average molecular weight is 627 g/mol. The van der Waals surface area contributed by atoms with Crippen molar-refractivity contribution in [2.24, 2.45) is 7.05 Å². The van der Waals surface area contributed by atoms with E-state index in [-0.39, 0.29) is 46.1 Å². The summed E-state index contributed by atoms with van der Waals surface area (Å²) in [5, 5.41) is 16.2. The molecule has 5 aromatic rings. The van der Waals surface area contributed by atoms with E-state index >= 15 is 4.39 Å². The van der Waals surface area contributed by atoms with E-state index in [0.29, 0.717) is 54.8 Å². The van der Waals surface area contributed by atoms with Crippen molar-refractivity contribution in [2.75, 3.05) is 26.3 Å². The molecule has 12 heteroatoms. The van der Waals surface area contributed by atoms with Crippen LogP contribution in [0.2, 0.25) is 0 Å². The van der Waals surface area contributed by atoms with Crippen LogP contribution in [0.3, 0.4) is 0 Å². The number of aromatic hydroxyl groups is 1. The number of terminal acetylenes is 1. The molecule has 0 bridgehead atoms. The van der Waals surface area contributed by atoms with Crippen LogP contribution >= 0.6 is 0 Å². The molecule has 3 aromatic heterocycles. The van der Waals surface area contributed by atoms with E-state index in [1.54, 1.807) is 4.68 Å². The van der Waals surface area contributed by atoms with E-state index in [1.165, 1.54) is 30.5 Å². The lowest BCUT2D eigenvalue weighted by Crippen LogP contribution is -2.43. The van der Waals surface area contributed by atoms with Gasteiger partial charge >= 0.3 is 6.01 Å². The van der Waals surface area contributed by atoms with E-state index in [1.807, 2.05) is 7.05 Å². The molecule has 0 saturated carbocycles. The summed E-state index contributed by atoms with van der Waals surface area (Å²) in [4.78, 5) is 15.8. The maximum Gasteiger partial charge on any atom is 0.317 e. The van der Waals surface area contributed by atoms with Crippen LogP contribution in [-0.4, -0.2) is 72.8 Å². The monoisotopic (exact) mass is 626 g/mol. The molecular weight excluding hydrogens is 597 g/mol. The quantitative estimate of drug-likeness (QED) is 0.265. The molecule has 9 nitrogen and oxygen atoms in total. The minimum absolute atomic E-state index is 0.0772. The van der Waals surface area contributed by atoms with Crippen LogP contribution in [0.1, 0.15) is 36.1 Å². The van der Waals surface area contributed by atoms with Crippen molar-refractivity contribution in [2.45, 2.75) is 44.0 Å². The molecule has 0 aliphatic carbocycles. The summed E-state index contributed by atoms with van der Waals surface area (Å²) in [5.41, 5.74) is 1.97. The highest BCUT2D eigenvalue weighted by molar-refractivity contribution is 6.03. The minimum atomic E-state index is -0.944. The molecule has 0 amide bonds. The number of hydrogen-bond acceptors (Lipinski definition) is 8. The number of nitrogens with zero attached hydrogens (tertiary/aromatic N) is 6. The number of aryl methyl sites for hydroxylation is 1. The highest BCUT2D eigenvalue weighted by Gasteiger charge is 2.49. The maximum absolute atomic E-state index is 16.8. The lowest BCUT2D eigenvalue weighted by Gasteiger charge is -2.30. The Balaban J connectivity index is 1.33. The average Bonchev–Trinajstić information content (AvgIpc) is 3.69. The largest absolute Gasteiger partial charge is 0.508 e. The molecule has 2 atom stereocenters. The molecule has 0 radical (unpaired) electrons. The van der Waals surface area contributed by atoms with Gasteiger partial charge in [-0.25, -0.2) is 13.2 Å². The second kappa shape index (κ2) is 10.7. The Labute approximate surface area is 262 Å². The van der Waals surface area contributed by atoms with E-state index in [2.05, 4.69) is 20.8 Å². The lowest BCUT2D eigenvalue weighted by molar-refractivity contribution is 0.105. The summed E-state index contributed by atoms with van der Waals surface area (Å²) in [6.45, 7) is 2.17. The SMILES string of the molecule is C#Cc1c(F)ccc2cc(O)cc(-c3ncc4c(-c5nn(C)c6c5CCOC6)nc(OC[C@@]56CCCN5C[C@H](F)C6)nc4c3F)c12. The van der Waals surface area contributed by atoms with Crippen LogP contribution in [0, 0.1) is 24.0 Å². The third-order valence-electron chi connectivity index (χ3n) is 9.58. The van der Waals surface area contributed by atoms with Crippen molar-refractivity contribution in [3.63, 3.8) is 0 Å². The Morgan fingerprint density at radius 3 is 2.91 bits per heavy atom. The van der Waals surface area contributed by atoms with E-state index in [0.717, 1.165) is 30.6 Å². The Hall–Kier alpha value is -4.73. The summed E-state index contributed by atoms with van der Waals surface area (Å²) in [6.07, 6.45) is 8.82. The standard InChI is InChI=1S/C34H29F3N6O3/c1-3-21-25(36)6-5-18-11-20(44)12-23(27(18)21)29-28(37)30-24(14-38-29)31(32-22-7-10-45-16-26(22)42(2)41-32)40-33(39-30)46-17-34-8-4-9-43(34)15-19(35)13-34/h1,5-6,11-12,14,19,44H,4,7-10,13,15-17H2,2H3/t19-,34+/m1/s1. The summed E-state index contributed by atoms with van der Waals surface area (Å²) in [5.74, 6) is 0.698. The van der Waals surface area contributed by atoms with Gasteiger partial charge in [-0.2, -0.15) is 15.1 Å². The molecule has 2 aromatic carbocycles. The van der Waals surface area contributed by atoms with Crippen molar-refractivity contribution < 1.29 is 27.8 Å². The fraction of sp³-hybridized carbons (Fsp3) is 0.353. The topological polar surface area (TPSA) is 98.4 Å². The number of benzene rings is 2. The van der Waals surface area contributed by atoms with Crippen molar-refractivity contribution in [3.05, 3.63) is 58.9 Å². The number of fused-ring (bicyclic) bond motifs is 4. The Morgan fingerprint density at radius 2 is 2.07 bits per heavy atom. The molecule has 6 heterocycles. The number of phenolic OH excluding ortho intramolecular Hbond substituents is 1. The Kier molecular flexibility index (Phi) is 6.67. The summed E-state index contributed by atoms with van der Waals surface area (Å²) in [6, 6.07) is 5.31. The Morgan fingerprint density at radius 1 is 1.20 bits per heavy atom. The second-order valence-electron chi connectivity index (χ2n) is 12.3. The minimum Gasteiger partial charge on any atom is -0.508 e. The van der Waals surface area contributed by atoms with Gasteiger partial charge < -0.3 is 14.6 Å². The summed E-state index contributed by atoms with van der Waals surface area (Å²) >= 11 is 0. The number of ether oxygens (including phenoxy) is 2. The number of pyridine rings is 1. The fourth-order valence-electron chi connectivity index (χ4n) is 7.45. The van der Waals surface area contributed by atoms with Gasteiger partial charge in [0.25, 0.3) is 0 Å². The predicted octanol–water partition coefficient (Wildman–Crippen LogP) is 5.24. The third-order valence-corrected chi connectivity index (χ3v) is 9.58. The molecule has 3 aliphatic heterocycles. The number of alkyl halides is 1. The summed E-state index contributed by atoms with van der Waals surface area (Å²) in [7, 11) is 1.81. The van der Waals surface area contributed by atoms with Gasteiger partial charge in [-0.15, -0.1) is 6.42 Å². The Bertz CT molecular complexity index is 2110. The first kappa shape index (κ1) is 28.7. The molecule has 0 spiro atoms. The van der Waals surface area contributed by atoms with E-state index < -0.39 is 23.3 Å². The molecule has 0 unspecified atom stereocenters. The van der Waals surface area contributed by atoms with Crippen LogP contribution in [0.25, 0.3) is 44.3 Å². The summed E-state index contributed by atoms with van der Waals surface area (Å²) < 4.78 is 59.7. The second-order valence-corrected chi connectivity index (χ2v) is 12.3. The fourth-order valence-corrected chi connectivity index (χ4v) is 7.45. The van der Waals surface area contributed by atoms with Gasteiger partial charge in [0.05, 0.1) is 30.0 Å². The number of rotatable bonds is 5. The molecule has 2 saturated heterocycles. The predicted molar refractivity (Wildman–Crippen MR) is 164 cm³/mol. The van der Waals surface area contributed by atoms with Crippen LogP contribution in [0.4, 0.5) is 13.2 Å². The van der Waals surface area contributed by atoms with Crippen molar-refractivity contribution in [1.82, 2.24) is 29.6 Å². The number of aromatic nitrogens is 5. The number of phenols is 1. The number of hydrogen-bond donors (Lipinski definition) is 1. The first-order chi connectivity index (χ1) is 22.3. The van der Waals surface area contributed by atoms with Crippen LogP contribution < -0.4 is 4.74 Å². The zero-order chi connectivity index (χ0) is 31.7. The first-order valence-electron chi connectivity index (χ1n) is 15.2. The molecule has 2 fully saturated rings. The van der Waals surface area contributed by atoms with Crippen molar-refractivity contribution in [1.29, 1.82) is 0 Å². The first-order valence-corrected chi connectivity index (χ1v) is 15.2. The molecule has 46 heavy (non-hydrogen) atoms. The number of halogens is 3. The molecule has 8 rings (SSSR count). The molecule has 1 N–H and O–H groups in total. The van der Waals surface area contributed by atoms with Gasteiger partial charge in [0.2, 0.25) is 0 Å².